The summed E-state index contributed by atoms with van der Waals surface area (Å²) in [5.41, 5.74) is 11.9. The third kappa shape index (κ3) is 5.07. The zero-order chi connectivity index (χ0) is 24.2. The minimum absolute atomic E-state index is 0.375. The van der Waals surface area contributed by atoms with Crippen LogP contribution in [-0.2, 0) is 0 Å². The van der Waals surface area contributed by atoms with Crippen LogP contribution in [0.25, 0.3) is 0 Å². The van der Waals surface area contributed by atoms with E-state index in [1.807, 2.05) is 56.3 Å². The van der Waals surface area contributed by atoms with Crippen molar-refractivity contribution in [2.45, 2.75) is 19.8 Å². The van der Waals surface area contributed by atoms with Gasteiger partial charge in [-0.3, -0.25) is 0 Å². The highest BCUT2D eigenvalue weighted by atomic mass is 35.5. The predicted molar refractivity (Wildman–Crippen MR) is 139 cm³/mol. The van der Waals surface area contributed by atoms with Crippen LogP contribution in [0.4, 0.5) is 28.7 Å². The van der Waals surface area contributed by atoms with Gasteiger partial charge in [0.25, 0.3) is 0 Å². The second-order valence-corrected chi connectivity index (χ2v) is 8.75. The maximum absolute atomic E-state index is 9.83. The Morgan fingerprint density at radius 3 is 2.32 bits per heavy atom. The molecule has 4 aromatic rings. The monoisotopic (exact) mass is 488 g/mol. The van der Waals surface area contributed by atoms with Crippen LogP contribution >= 0.6 is 23.2 Å². The third-order valence-electron chi connectivity index (χ3n) is 5.40. The van der Waals surface area contributed by atoms with E-state index < -0.39 is 5.92 Å². The van der Waals surface area contributed by atoms with Crippen molar-refractivity contribution in [2.24, 2.45) is 0 Å². The molecule has 0 radical (unpaired) electrons. The van der Waals surface area contributed by atoms with Crippen LogP contribution in [0.3, 0.4) is 0 Å². The first-order valence-electron chi connectivity index (χ1n) is 10.5. The lowest BCUT2D eigenvalue weighted by atomic mass is 9.91. The largest absolute Gasteiger partial charge is 0.393 e. The van der Waals surface area contributed by atoms with Crippen LogP contribution in [-0.4, -0.2) is 9.97 Å². The van der Waals surface area contributed by atoms with E-state index in [9.17, 15) is 5.26 Å². The van der Waals surface area contributed by atoms with Crippen LogP contribution in [0, 0.1) is 25.2 Å². The number of benzene rings is 3. The molecular formula is C26H22Cl2N6. The zero-order valence-corrected chi connectivity index (χ0v) is 20.1. The van der Waals surface area contributed by atoms with Crippen molar-refractivity contribution in [3.8, 4) is 6.07 Å². The third-order valence-corrected chi connectivity index (χ3v) is 5.98. The molecule has 0 spiro atoms. The van der Waals surface area contributed by atoms with E-state index in [1.54, 1.807) is 18.2 Å². The fourth-order valence-electron chi connectivity index (χ4n) is 3.62. The van der Waals surface area contributed by atoms with E-state index >= 15 is 0 Å². The van der Waals surface area contributed by atoms with Crippen molar-refractivity contribution in [2.75, 3.05) is 16.4 Å². The summed E-state index contributed by atoms with van der Waals surface area (Å²) in [6, 6.07) is 21.1. The molecule has 0 aliphatic rings. The van der Waals surface area contributed by atoms with Crippen LogP contribution in [0.2, 0.25) is 10.0 Å². The highest BCUT2D eigenvalue weighted by molar-refractivity contribution is 6.32. The Labute approximate surface area is 208 Å². The molecule has 8 heteroatoms. The zero-order valence-electron chi connectivity index (χ0n) is 18.6. The number of halogens is 2. The molecule has 3 aromatic carbocycles. The second kappa shape index (κ2) is 10.0. The summed E-state index contributed by atoms with van der Waals surface area (Å²) in [5.74, 6) is 0.425. The Balaban J connectivity index is 1.62. The van der Waals surface area contributed by atoms with Gasteiger partial charge in [0.15, 0.2) is 11.6 Å². The first-order valence-corrected chi connectivity index (χ1v) is 11.3. The van der Waals surface area contributed by atoms with E-state index in [1.165, 1.54) is 6.33 Å². The normalized spacial score (nSPS) is 11.5. The van der Waals surface area contributed by atoms with Crippen molar-refractivity contribution in [3.63, 3.8) is 0 Å². The first kappa shape index (κ1) is 23.4. The van der Waals surface area contributed by atoms with Crippen LogP contribution in [0.5, 0.6) is 0 Å². The molecule has 6 nitrogen and oxygen atoms in total. The number of aromatic nitrogens is 2. The lowest BCUT2D eigenvalue weighted by molar-refractivity contribution is 1.03. The average Bonchev–Trinajstić information content (AvgIpc) is 2.81. The molecular weight excluding hydrogens is 467 g/mol. The maximum atomic E-state index is 9.83. The molecule has 0 saturated carbocycles. The summed E-state index contributed by atoms with van der Waals surface area (Å²) in [5, 5.41) is 17.4. The minimum atomic E-state index is -0.522. The highest BCUT2D eigenvalue weighted by Crippen LogP contribution is 2.36. The molecule has 170 valence electrons. The molecule has 0 bridgehead atoms. The molecule has 1 unspecified atom stereocenters. The standard InChI is InChI=1S/C26H22Cl2N6/c1-15-4-3-5-19(10-15)33-25-24(30)26(32-14-31-25)34-23-12-22(28)20(11-16(23)2)21(13-29)17-6-8-18(27)9-7-17/h3-12,14,21H,30H2,1-2H3,(H2,31,32,33,34). The number of anilines is 5. The van der Waals surface area contributed by atoms with E-state index in [0.717, 1.165) is 28.1 Å². The van der Waals surface area contributed by atoms with Gasteiger partial charge in [0.1, 0.15) is 12.0 Å². The number of hydrogen-bond acceptors (Lipinski definition) is 6. The van der Waals surface area contributed by atoms with Gasteiger partial charge < -0.3 is 16.4 Å². The molecule has 0 aliphatic carbocycles. The van der Waals surface area contributed by atoms with Gasteiger partial charge in [-0.15, -0.1) is 0 Å². The summed E-state index contributed by atoms with van der Waals surface area (Å²) in [6.07, 6.45) is 1.44. The van der Waals surface area contributed by atoms with Gasteiger partial charge in [-0.1, -0.05) is 53.5 Å². The second-order valence-electron chi connectivity index (χ2n) is 7.91. The number of nitrogens with two attached hydrogens (primary N) is 1. The number of nitrogen functional groups attached to an aromatic ring is 1. The molecule has 4 N–H and O–H groups in total. The Morgan fingerprint density at radius 2 is 1.65 bits per heavy atom. The fraction of sp³-hybridized carbons (Fsp3) is 0.115. The first-order chi connectivity index (χ1) is 16.4. The number of aryl methyl sites for hydroxylation is 2. The Hall–Kier alpha value is -3.79. The molecule has 0 fully saturated rings. The van der Waals surface area contributed by atoms with Gasteiger partial charge in [0.05, 0.1) is 12.0 Å². The van der Waals surface area contributed by atoms with Gasteiger partial charge in [0, 0.05) is 21.4 Å². The van der Waals surface area contributed by atoms with Gasteiger partial charge in [0.2, 0.25) is 0 Å². The van der Waals surface area contributed by atoms with Crippen LogP contribution < -0.4 is 16.4 Å². The minimum Gasteiger partial charge on any atom is -0.393 e. The van der Waals surface area contributed by atoms with Crippen molar-refractivity contribution < 1.29 is 0 Å². The van der Waals surface area contributed by atoms with Gasteiger partial charge in [-0.25, -0.2) is 9.97 Å². The topological polar surface area (TPSA) is 99.6 Å². The molecule has 0 aliphatic heterocycles. The Kier molecular flexibility index (Phi) is 6.87. The smallest absolute Gasteiger partial charge is 0.159 e. The highest BCUT2D eigenvalue weighted by Gasteiger charge is 2.19. The van der Waals surface area contributed by atoms with E-state index in [-0.39, 0.29) is 0 Å². The average molecular weight is 489 g/mol. The Bertz CT molecular complexity index is 1380. The molecule has 4 rings (SSSR count). The van der Waals surface area contributed by atoms with E-state index in [2.05, 4.69) is 26.7 Å². The van der Waals surface area contributed by atoms with Gasteiger partial charge >= 0.3 is 0 Å². The van der Waals surface area contributed by atoms with E-state index in [4.69, 9.17) is 28.9 Å². The maximum Gasteiger partial charge on any atom is 0.159 e. The molecule has 1 atom stereocenters. The number of hydrogen-bond donors (Lipinski definition) is 3. The molecule has 0 saturated heterocycles. The van der Waals surface area contributed by atoms with Crippen molar-refractivity contribution in [3.05, 3.63) is 99.3 Å². The quantitative estimate of drug-likeness (QED) is 0.267. The molecule has 1 aromatic heterocycles. The summed E-state index contributed by atoms with van der Waals surface area (Å²) in [6.45, 7) is 3.95. The molecule has 0 amide bonds. The lowest BCUT2D eigenvalue weighted by Crippen LogP contribution is -2.07. The van der Waals surface area contributed by atoms with Crippen molar-refractivity contribution >= 4 is 51.9 Å². The summed E-state index contributed by atoms with van der Waals surface area (Å²) < 4.78 is 0. The van der Waals surface area contributed by atoms with E-state index in [0.29, 0.717) is 32.9 Å². The Morgan fingerprint density at radius 1 is 0.941 bits per heavy atom. The van der Waals surface area contributed by atoms with Gasteiger partial charge in [-0.2, -0.15) is 5.26 Å². The number of nitriles is 1. The van der Waals surface area contributed by atoms with Crippen LogP contribution in [0.15, 0.2) is 67.0 Å². The number of rotatable bonds is 6. The van der Waals surface area contributed by atoms with Crippen molar-refractivity contribution in [1.82, 2.24) is 9.97 Å². The summed E-state index contributed by atoms with van der Waals surface area (Å²) in [7, 11) is 0. The van der Waals surface area contributed by atoms with Crippen molar-refractivity contribution in [1.29, 1.82) is 5.26 Å². The molecule has 34 heavy (non-hydrogen) atoms. The molecule has 1 heterocycles. The summed E-state index contributed by atoms with van der Waals surface area (Å²) >= 11 is 12.6. The number of nitrogens with one attached hydrogen (secondary N) is 2. The van der Waals surface area contributed by atoms with Gasteiger partial charge in [-0.05, 0) is 66.4 Å². The SMILES string of the molecule is Cc1cccc(Nc2ncnc(Nc3cc(Cl)c(C(C#N)c4ccc(Cl)cc4)cc3C)c2N)c1. The lowest BCUT2D eigenvalue weighted by Gasteiger charge is -2.17. The fourth-order valence-corrected chi connectivity index (χ4v) is 4.02. The summed E-state index contributed by atoms with van der Waals surface area (Å²) in [4.78, 5) is 8.57. The number of nitrogens with zero attached hydrogens (tertiary/aromatic N) is 3. The predicted octanol–water partition coefficient (Wildman–Crippen LogP) is 7.13. The van der Waals surface area contributed by atoms with Crippen LogP contribution in [0.1, 0.15) is 28.2 Å².